The number of aliphatic carboxylic acids is 1. The summed E-state index contributed by atoms with van der Waals surface area (Å²) in [6.45, 7) is 2.49. The third kappa shape index (κ3) is 1.09. The number of tetrazole rings is 1. The SMILES string of the molecule is CCn1nnc(C2(C(=O)O)CC2)n1. The lowest BCUT2D eigenvalue weighted by atomic mass is 10.1. The van der Waals surface area contributed by atoms with Crippen molar-refractivity contribution in [1.29, 1.82) is 0 Å². The fourth-order valence-electron chi connectivity index (χ4n) is 1.23. The first kappa shape index (κ1) is 8.15. The largest absolute Gasteiger partial charge is 0.480 e. The fourth-order valence-corrected chi connectivity index (χ4v) is 1.23. The summed E-state index contributed by atoms with van der Waals surface area (Å²) in [6.07, 6.45) is 1.25. The van der Waals surface area contributed by atoms with Crippen LogP contribution in [0.1, 0.15) is 25.6 Å². The zero-order valence-electron chi connectivity index (χ0n) is 7.27. The molecule has 0 radical (unpaired) electrons. The van der Waals surface area contributed by atoms with Gasteiger partial charge in [-0.1, -0.05) is 0 Å². The Bertz CT molecular complexity index is 342. The maximum atomic E-state index is 10.9. The average molecular weight is 182 g/mol. The number of aromatic nitrogens is 4. The van der Waals surface area contributed by atoms with Crippen molar-refractivity contribution in [3.8, 4) is 0 Å². The van der Waals surface area contributed by atoms with Crippen molar-refractivity contribution in [2.24, 2.45) is 0 Å². The van der Waals surface area contributed by atoms with E-state index in [0.717, 1.165) is 0 Å². The lowest BCUT2D eigenvalue weighted by Gasteiger charge is -2.01. The van der Waals surface area contributed by atoms with Crippen LogP contribution in [0.4, 0.5) is 0 Å². The van der Waals surface area contributed by atoms with Crippen molar-refractivity contribution in [2.45, 2.75) is 31.7 Å². The Morgan fingerprint density at radius 2 is 2.38 bits per heavy atom. The third-order valence-corrected chi connectivity index (χ3v) is 2.32. The molecule has 6 nitrogen and oxygen atoms in total. The second-order valence-corrected chi connectivity index (χ2v) is 3.19. The smallest absolute Gasteiger partial charge is 0.317 e. The molecule has 1 saturated carbocycles. The molecule has 0 bridgehead atoms. The van der Waals surface area contributed by atoms with Gasteiger partial charge in [-0.3, -0.25) is 4.79 Å². The van der Waals surface area contributed by atoms with E-state index in [1.165, 1.54) is 4.80 Å². The minimum atomic E-state index is -0.844. The van der Waals surface area contributed by atoms with Gasteiger partial charge in [-0.25, -0.2) is 0 Å². The molecule has 0 aliphatic heterocycles. The Labute approximate surface area is 74.6 Å². The zero-order valence-corrected chi connectivity index (χ0v) is 7.27. The Kier molecular flexibility index (Phi) is 1.58. The molecular weight excluding hydrogens is 172 g/mol. The van der Waals surface area contributed by atoms with Crippen molar-refractivity contribution in [3.63, 3.8) is 0 Å². The van der Waals surface area contributed by atoms with Gasteiger partial charge in [0.25, 0.3) is 0 Å². The molecule has 0 aromatic carbocycles. The molecule has 0 unspecified atom stereocenters. The van der Waals surface area contributed by atoms with E-state index in [2.05, 4.69) is 15.4 Å². The highest BCUT2D eigenvalue weighted by Crippen LogP contribution is 2.46. The van der Waals surface area contributed by atoms with Crippen LogP contribution in [0.3, 0.4) is 0 Å². The summed E-state index contributed by atoms with van der Waals surface area (Å²) < 4.78 is 0. The van der Waals surface area contributed by atoms with E-state index < -0.39 is 11.4 Å². The normalized spacial score (nSPS) is 18.5. The molecule has 1 aromatic heterocycles. The molecule has 70 valence electrons. The van der Waals surface area contributed by atoms with E-state index in [4.69, 9.17) is 5.11 Å². The number of carbonyl (C=O) groups is 1. The average Bonchev–Trinajstić information content (AvgIpc) is 2.79. The summed E-state index contributed by atoms with van der Waals surface area (Å²) in [4.78, 5) is 12.3. The minimum absolute atomic E-state index is 0.349. The predicted molar refractivity (Wildman–Crippen MR) is 42.0 cm³/mol. The van der Waals surface area contributed by atoms with Crippen LogP contribution in [-0.2, 0) is 16.8 Å². The topological polar surface area (TPSA) is 80.9 Å². The molecule has 1 aliphatic rings. The van der Waals surface area contributed by atoms with Crippen LogP contribution in [0.25, 0.3) is 0 Å². The monoisotopic (exact) mass is 182 g/mol. The Morgan fingerprint density at radius 3 is 2.77 bits per heavy atom. The molecule has 1 aromatic rings. The van der Waals surface area contributed by atoms with Gasteiger partial charge in [-0.15, -0.1) is 10.2 Å². The maximum absolute atomic E-state index is 10.9. The summed E-state index contributed by atoms with van der Waals surface area (Å²) in [7, 11) is 0. The van der Waals surface area contributed by atoms with E-state index >= 15 is 0 Å². The quantitative estimate of drug-likeness (QED) is 0.700. The lowest BCUT2D eigenvalue weighted by Crippen LogP contribution is -2.21. The van der Waals surface area contributed by atoms with Crippen LogP contribution in [0.5, 0.6) is 0 Å². The number of hydrogen-bond acceptors (Lipinski definition) is 4. The maximum Gasteiger partial charge on any atom is 0.317 e. The zero-order chi connectivity index (χ0) is 9.47. The summed E-state index contributed by atoms with van der Waals surface area (Å²) in [5.74, 6) is -0.495. The highest BCUT2D eigenvalue weighted by Gasteiger charge is 2.55. The van der Waals surface area contributed by atoms with Crippen LogP contribution in [0, 0.1) is 0 Å². The predicted octanol–water partition coefficient (Wildman–Crippen LogP) is -0.191. The Hall–Kier alpha value is -1.46. The van der Waals surface area contributed by atoms with Gasteiger partial charge in [-0.2, -0.15) is 4.80 Å². The molecule has 6 heteroatoms. The third-order valence-electron chi connectivity index (χ3n) is 2.32. The summed E-state index contributed by atoms with van der Waals surface area (Å²) in [5.41, 5.74) is -0.826. The van der Waals surface area contributed by atoms with Gasteiger partial charge in [0, 0.05) is 0 Å². The van der Waals surface area contributed by atoms with Crippen LogP contribution < -0.4 is 0 Å². The first-order valence-electron chi connectivity index (χ1n) is 4.21. The first-order valence-corrected chi connectivity index (χ1v) is 4.21. The molecule has 1 fully saturated rings. The number of aryl methyl sites for hydroxylation is 1. The van der Waals surface area contributed by atoms with Gasteiger partial charge in [-0.05, 0) is 25.0 Å². The molecule has 1 N–H and O–H groups in total. The van der Waals surface area contributed by atoms with Crippen LogP contribution in [0.15, 0.2) is 0 Å². The van der Waals surface area contributed by atoms with Gasteiger partial charge in [0.05, 0.1) is 6.54 Å². The Morgan fingerprint density at radius 1 is 1.69 bits per heavy atom. The van der Waals surface area contributed by atoms with Gasteiger partial charge in [0.1, 0.15) is 5.41 Å². The number of rotatable bonds is 3. The van der Waals surface area contributed by atoms with Gasteiger partial charge < -0.3 is 5.11 Å². The standard InChI is InChI=1S/C7H10N4O2/c1-2-11-9-5(8-10-11)7(3-4-7)6(12)13/h2-4H2,1H3,(H,12,13). The molecule has 0 atom stereocenters. The van der Waals surface area contributed by atoms with Crippen molar-refractivity contribution >= 4 is 5.97 Å². The van der Waals surface area contributed by atoms with Gasteiger partial charge in [0.2, 0.25) is 0 Å². The fraction of sp³-hybridized carbons (Fsp3) is 0.714. The summed E-state index contributed by atoms with van der Waals surface area (Å²) >= 11 is 0. The van der Waals surface area contributed by atoms with Crippen LogP contribution in [0.2, 0.25) is 0 Å². The highest BCUT2D eigenvalue weighted by molar-refractivity contribution is 5.83. The molecule has 0 amide bonds. The highest BCUT2D eigenvalue weighted by atomic mass is 16.4. The summed E-state index contributed by atoms with van der Waals surface area (Å²) in [6, 6.07) is 0. The second kappa shape index (κ2) is 2.51. The minimum Gasteiger partial charge on any atom is -0.480 e. The van der Waals surface area contributed by atoms with Crippen LogP contribution in [-0.4, -0.2) is 31.3 Å². The van der Waals surface area contributed by atoms with Crippen molar-refractivity contribution < 1.29 is 9.90 Å². The van der Waals surface area contributed by atoms with Gasteiger partial charge >= 0.3 is 5.97 Å². The number of nitrogens with zero attached hydrogens (tertiary/aromatic N) is 4. The number of carboxylic acids is 1. The van der Waals surface area contributed by atoms with Crippen molar-refractivity contribution in [3.05, 3.63) is 5.82 Å². The molecule has 1 heterocycles. The molecule has 1 aliphatic carbocycles. The molecule has 13 heavy (non-hydrogen) atoms. The van der Waals surface area contributed by atoms with Crippen molar-refractivity contribution in [1.82, 2.24) is 20.2 Å². The van der Waals surface area contributed by atoms with E-state index in [-0.39, 0.29) is 0 Å². The number of hydrogen-bond donors (Lipinski definition) is 1. The van der Waals surface area contributed by atoms with Crippen LogP contribution >= 0.6 is 0 Å². The number of carboxylic acid groups (broad SMARTS) is 1. The molecule has 0 saturated heterocycles. The van der Waals surface area contributed by atoms with E-state index in [0.29, 0.717) is 25.2 Å². The van der Waals surface area contributed by atoms with E-state index in [1.54, 1.807) is 0 Å². The van der Waals surface area contributed by atoms with E-state index in [1.807, 2.05) is 6.92 Å². The van der Waals surface area contributed by atoms with Gasteiger partial charge in [0.15, 0.2) is 5.82 Å². The second-order valence-electron chi connectivity index (χ2n) is 3.19. The molecular formula is C7H10N4O2. The van der Waals surface area contributed by atoms with Crippen molar-refractivity contribution in [2.75, 3.05) is 0 Å². The molecule has 2 rings (SSSR count). The first-order chi connectivity index (χ1) is 6.19. The summed E-state index contributed by atoms with van der Waals surface area (Å²) in [5, 5.41) is 20.4. The molecule has 0 spiro atoms. The lowest BCUT2D eigenvalue weighted by molar-refractivity contribution is -0.140. The van der Waals surface area contributed by atoms with E-state index in [9.17, 15) is 4.79 Å². The Balaban J connectivity index is 2.30.